The number of rotatable bonds is 2. The molecular formula is C14H17BrFNO. The first-order valence-corrected chi connectivity index (χ1v) is 7.11. The van der Waals surface area contributed by atoms with Gasteiger partial charge in [-0.3, -0.25) is 4.79 Å². The second-order valence-corrected chi connectivity index (χ2v) is 5.93. The van der Waals surface area contributed by atoms with Gasteiger partial charge in [0.2, 0.25) is 5.91 Å². The molecular weight excluding hydrogens is 297 g/mol. The fourth-order valence-corrected chi connectivity index (χ4v) is 2.72. The quantitative estimate of drug-likeness (QED) is 0.864. The molecule has 2 nitrogen and oxygen atoms in total. The largest absolute Gasteiger partial charge is 0.326 e. The minimum absolute atomic E-state index is 0.0559. The van der Waals surface area contributed by atoms with Crippen molar-refractivity contribution >= 4 is 27.5 Å². The lowest BCUT2D eigenvalue weighted by Gasteiger charge is -2.25. The van der Waals surface area contributed by atoms with Gasteiger partial charge in [0.25, 0.3) is 0 Å². The van der Waals surface area contributed by atoms with Gasteiger partial charge in [-0.2, -0.15) is 0 Å². The van der Waals surface area contributed by atoms with Crippen LogP contribution in [0, 0.1) is 17.7 Å². The van der Waals surface area contributed by atoms with E-state index in [1.807, 2.05) is 0 Å². The van der Waals surface area contributed by atoms with E-state index in [2.05, 4.69) is 28.2 Å². The Bertz CT molecular complexity index is 441. The van der Waals surface area contributed by atoms with Gasteiger partial charge in [0, 0.05) is 11.6 Å². The highest BCUT2D eigenvalue weighted by atomic mass is 79.9. The summed E-state index contributed by atoms with van der Waals surface area (Å²) in [5, 5.41) is 2.86. The molecule has 1 N–H and O–H groups in total. The van der Waals surface area contributed by atoms with Crippen molar-refractivity contribution in [2.75, 3.05) is 5.32 Å². The summed E-state index contributed by atoms with van der Waals surface area (Å²) in [6.07, 6.45) is 4.14. The lowest BCUT2D eigenvalue weighted by Crippen LogP contribution is -2.26. The molecule has 18 heavy (non-hydrogen) atoms. The number of hydrogen-bond acceptors (Lipinski definition) is 1. The monoisotopic (exact) mass is 313 g/mol. The van der Waals surface area contributed by atoms with Gasteiger partial charge in [0.15, 0.2) is 0 Å². The predicted octanol–water partition coefficient (Wildman–Crippen LogP) is 4.35. The minimum Gasteiger partial charge on any atom is -0.326 e. The maximum atomic E-state index is 13.1. The van der Waals surface area contributed by atoms with Gasteiger partial charge >= 0.3 is 0 Å². The van der Waals surface area contributed by atoms with Gasteiger partial charge in [-0.1, -0.05) is 6.92 Å². The molecule has 0 aliphatic heterocycles. The van der Waals surface area contributed by atoms with Gasteiger partial charge in [0.1, 0.15) is 5.82 Å². The Morgan fingerprint density at radius 2 is 2.00 bits per heavy atom. The second kappa shape index (κ2) is 5.83. The summed E-state index contributed by atoms with van der Waals surface area (Å²) in [6, 6.07) is 4.53. The summed E-state index contributed by atoms with van der Waals surface area (Å²) in [6.45, 7) is 2.23. The van der Waals surface area contributed by atoms with Crippen molar-refractivity contribution in [3.8, 4) is 0 Å². The number of benzene rings is 1. The van der Waals surface area contributed by atoms with E-state index >= 15 is 0 Å². The minimum atomic E-state index is -0.320. The smallest absolute Gasteiger partial charge is 0.227 e. The van der Waals surface area contributed by atoms with Crippen molar-refractivity contribution < 1.29 is 9.18 Å². The molecule has 0 aromatic heterocycles. The summed E-state index contributed by atoms with van der Waals surface area (Å²) < 4.78 is 13.4. The molecule has 0 unspecified atom stereocenters. The van der Waals surface area contributed by atoms with Crippen LogP contribution in [0.4, 0.5) is 10.1 Å². The van der Waals surface area contributed by atoms with Crippen LogP contribution in [0.1, 0.15) is 32.6 Å². The SMILES string of the molecule is CC1CCC(C(=O)Nc2ccc(F)c(Br)c2)CC1. The maximum Gasteiger partial charge on any atom is 0.227 e. The number of anilines is 1. The fraction of sp³-hybridized carbons (Fsp3) is 0.500. The predicted molar refractivity (Wildman–Crippen MR) is 73.9 cm³/mol. The highest BCUT2D eigenvalue weighted by Gasteiger charge is 2.24. The van der Waals surface area contributed by atoms with Crippen LogP contribution in [0.5, 0.6) is 0 Å². The summed E-state index contributed by atoms with van der Waals surface area (Å²) in [5.74, 6) is 0.568. The molecule has 0 heterocycles. The van der Waals surface area contributed by atoms with Crippen LogP contribution in [0.15, 0.2) is 22.7 Å². The second-order valence-electron chi connectivity index (χ2n) is 5.07. The van der Waals surface area contributed by atoms with Gasteiger partial charge < -0.3 is 5.32 Å². The number of nitrogens with one attached hydrogen (secondary N) is 1. The van der Waals surface area contributed by atoms with Crippen molar-refractivity contribution in [3.63, 3.8) is 0 Å². The highest BCUT2D eigenvalue weighted by Crippen LogP contribution is 2.29. The van der Waals surface area contributed by atoms with E-state index in [-0.39, 0.29) is 17.6 Å². The summed E-state index contributed by atoms with van der Waals surface area (Å²) in [5.41, 5.74) is 0.645. The molecule has 1 aromatic rings. The van der Waals surface area contributed by atoms with Crippen LogP contribution in [0.3, 0.4) is 0 Å². The topological polar surface area (TPSA) is 29.1 Å². The molecule has 0 radical (unpaired) electrons. The molecule has 2 rings (SSSR count). The molecule has 98 valence electrons. The molecule has 0 atom stereocenters. The highest BCUT2D eigenvalue weighted by molar-refractivity contribution is 9.10. The molecule has 1 aliphatic rings. The van der Waals surface area contributed by atoms with E-state index in [1.165, 1.54) is 6.07 Å². The molecule has 0 spiro atoms. The standard InChI is InChI=1S/C14H17BrFNO/c1-9-2-4-10(5-3-9)14(18)17-11-6-7-13(16)12(15)8-11/h6-10H,2-5H2,1H3,(H,17,18). The van der Waals surface area contributed by atoms with Crippen molar-refractivity contribution in [2.45, 2.75) is 32.6 Å². The Morgan fingerprint density at radius 1 is 1.33 bits per heavy atom. The number of hydrogen-bond donors (Lipinski definition) is 1. The van der Waals surface area contributed by atoms with E-state index in [0.29, 0.717) is 10.2 Å². The molecule has 1 saturated carbocycles. The van der Waals surface area contributed by atoms with Crippen molar-refractivity contribution in [1.82, 2.24) is 0 Å². The van der Waals surface area contributed by atoms with Crippen LogP contribution in [-0.2, 0) is 4.79 Å². The van der Waals surface area contributed by atoms with Crippen LogP contribution in [0.2, 0.25) is 0 Å². The van der Waals surface area contributed by atoms with Crippen LogP contribution < -0.4 is 5.32 Å². The van der Waals surface area contributed by atoms with E-state index < -0.39 is 0 Å². The maximum absolute atomic E-state index is 13.1. The van der Waals surface area contributed by atoms with Crippen LogP contribution in [-0.4, -0.2) is 5.91 Å². The van der Waals surface area contributed by atoms with Crippen molar-refractivity contribution in [1.29, 1.82) is 0 Å². The first kappa shape index (κ1) is 13.5. The molecule has 0 saturated heterocycles. The molecule has 1 aliphatic carbocycles. The molecule has 4 heteroatoms. The molecule has 1 fully saturated rings. The van der Waals surface area contributed by atoms with E-state index in [9.17, 15) is 9.18 Å². The number of amides is 1. The first-order chi connectivity index (χ1) is 8.56. The normalized spacial score (nSPS) is 23.7. The van der Waals surface area contributed by atoms with Crippen molar-refractivity contribution in [2.24, 2.45) is 11.8 Å². The van der Waals surface area contributed by atoms with Gasteiger partial charge in [0.05, 0.1) is 4.47 Å². The average Bonchev–Trinajstić information content (AvgIpc) is 2.34. The number of carbonyl (C=O) groups is 1. The van der Waals surface area contributed by atoms with E-state index in [0.717, 1.165) is 31.6 Å². The first-order valence-electron chi connectivity index (χ1n) is 6.32. The van der Waals surface area contributed by atoms with Crippen LogP contribution >= 0.6 is 15.9 Å². The fourth-order valence-electron chi connectivity index (χ4n) is 2.34. The lowest BCUT2D eigenvalue weighted by molar-refractivity contribution is -0.121. The zero-order valence-corrected chi connectivity index (χ0v) is 12.0. The number of halogens is 2. The van der Waals surface area contributed by atoms with E-state index in [4.69, 9.17) is 0 Å². The Balaban J connectivity index is 1.96. The van der Waals surface area contributed by atoms with E-state index in [1.54, 1.807) is 12.1 Å². The van der Waals surface area contributed by atoms with Gasteiger partial charge in [-0.15, -0.1) is 0 Å². The zero-order valence-electron chi connectivity index (χ0n) is 10.4. The average molecular weight is 314 g/mol. The Morgan fingerprint density at radius 3 is 2.61 bits per heavy atom. The summed E-state index contributed by atoms with van der Waals surface area (Å²) >= 11 is 3.11. The summed E-state index contributed by atoms with van der Waals surface area (Å²) in [7, 11) is 0. The summed E-state index contributed by atoms with van der Waals surface area (Å²) in [4.78, 5) is 12.1. The molecule has 1 amide bonds. The Labute approximate surface area is 115 Å². The Hall–Kier alpha value is -0.900. The van der Waals surface area contributed by atoms with Crippen molar-refractivity contribution in [3.05, 3.63) is 28.5 Å². The third kappa shape index (κ3) is 3.31. The van der Waals surface area contributed by atoms with Crippen LogP contribution in [0.25, 0.3) is 0 Å². The third-order valence-corrected chi connectivity index (χ3v) is 4.18. The lowest BCUT2D eigenvalue weighted by atomic mass is 9.82. The third-order valence-electron chi connectivity index (χ3n) is 3.57. The zero-order chi connectivity index (χ0) is 13.1. The van der Waals surface area contributed by atoms with Gasteiger partial charge in [-0.25, -0.2) is 4.39 Å². The molecule has 0 bridgehead atoms. The van der Waals surface area contributed by atoms with Gasteiger partial charge in [-0.05, 0) is 65.7 Å². The Kier molecular flexibility index (Phi) is 4.38. The number of carbonyl (C=O) groups excluding carboxylic acids is 1. The molecule has 1 aromatic carbocycles.